The monoisotopic (exact) mass is 391 g/mol. The van der Waals surface area contributed by atoms with Crippen molar-refractivity contribution < 1.29 is 9.32 Å². The van der Waals surface area contributed by atoms with Crippen molar-refractivity contribution in [2.24, 2.45) is 0 Å². The topological polar surface area (TPSA) is 84.2 Å². The molecule has 0 atom stereocenters. The van der Waals surface area contributed by atoms with Crippen molar-refractivity contribution in [1.29, 1.82) is 0 Å². The molecule has 150 valence electrons. The average Bonchev–Trinajstić information content (AvgIpc) is 3.17. The Morgan fingerprint density at radius 2 is 1.97 bits per heavy atom. The SMILES string of the molecule is O=C(Cc1noc2ccccc12)NC1CCN(c2ncnc3c2CCCC3)CC1. The van der Waals surface area contributed by atoms with Gasteiger partial charge < -0.3 is 14.7 Å². The number of carbonyl (C=O) groups excluding carboxylic acids is 1. The molecule has 0 radical (unpaired) electrons. The molecule has 29 heavy (non-hydrogen) atoms. The number of aromatic nitrogens is 3. The molecule has 1 saturated heterocycles. The van der Waals surface area contributed by atoms with E-state index in [4.69, 9.17) is 4.52 Å². The van der Waals surface area contributed by atoms with E-state index in [-0.39, 0.29) is 18.4 Å². The van der Waals surface area contributed by atoms with Crippen LogP contribution in [0.3, 0.4) is 0 Å². The molecule has 0 unspecified atom stereocenters. The molecule has 1 aliphatic heterocycles. The number of hydrogen-bond donors (Lipinski definition) is 1. The molecule has 3 heterocycles. The van der Waals surface area contributed by atoms with Crippen LogP contribution in [0, 0.1) is 0 Å². The van der Waals surface area contributed by atoms with Crippen molar-refractivity contribution >= 4 is 22.7 Å². The maximum atomic E-state index is 12.5. The third kappa shape index (κ3) is 3.69. The summed E-state index contributed by atoms with van der Waals surface area (Å²) in [6.07, 6.45) is 8.37. The number of anilines is 1. The zero-order chi connectivity index (χ0) is 19.6. The first-order valence-electron chi connectivity index (χ1n) is 10.5. The standard InChI is InChI=1S/C22H25N5O2/c28-21(13-19-16-5-2-4-8-20(16)29-26-19)25-15-9-11-27(12-10-15)22-17-6-1-3-7-18(17)23-14-24-22/h2,4-5,8,14-15H,1,3,6-7,9-13H2,(H,25,28). The summed E-state index contributed by atoms with van der Waals surface area (Å²) in [6.45, 7) is 1.81. The first-order chi connectivity index (χ1) is 14.3. The van der Waals surface area contributed by atoms with Crippen LogP contribution in [-0.4, -0.2) is 40.2 Å². The van der Waals surface area contributed by atoms with Crippen LogP contribution in [0.15, 0.2) is 35.1 Å². The van der Waals surface area contributed by atoms with Crippen LogP contribution >= 0.6 is 0 Å². The number of para-hydroxylation sites is 1. The highest BCUT2D eigenvalue weighted by Gasteiger charge is 2.25. The van der Waals surface area contributed by atoms with Crippen LogP contribution in [0.5, 0.6) is 0 Å². The fourth-order valence-corrected chi connectivity index (χ4v) is 4.51. The van der Waals surface area contributed by atoms with Crippen molar-refractivity contribution in [3.05, 3.63) is 47.5 Å². The minimum Gasteiger partial charge on any atom is -0.356 e. The predicted molar refractivity (Wildman–Crippen MR) is 110 cm³/mol. The molecule has 1 aliphatic carbocycles. The summed E-state index contributed by atoms with van der Waals surface area (Å²) in [5.41, 5.74) is 3.97. The van der Waals surface area contributed by atoms with E-state index in [0.29, 0.717) is 5.69 Å². The molecular formula is C22H25N5O2. The molecule has 7 heteroatoms. The second-order valence-corrected chi connectivity index (χ2v) is 7.96. The highest BCUT2D eigenvalue weighted by molar-refractivity contribution is 5.86. The van der Waals surface area contributed by atoms with E-state index in [1.807, 2.05) is 24.3 Å². The number of benzene rings is 1. The quantitative estimate of drug-likeness (QED) is 0.736. The minimum atomic E-state index is 0.00178. The summed E-state index contributed by atoms with van der Waals surface area (Å²) >= 11 is 0. The van der Waals surface area contributed by atoms with E-state index >= 15 is 0 Å². The Bertz CT molecular complexity index is 1020. The largest absolute Gasteiger partial charge is 0.356 e. The molecule has 7 nitrogen and oxygen atoms in total. The van der Waals surface area contributed by atoms with E-state index in [2.05, 4.69) is 25.3 Å². The predicted octanol–water partition coefficient (Wildman–Crippen LogP) is 2.82. The van der Waals surface area contributed by atoms with Crippen LogP contribution in [0.4, 0.5) is 5.82 Å². The molecule has 0 bridgehead atoms. The molecule has 0 spiro atoms. The first-order valence-corrected chi connectivity index (χ1v) is 10.5. The Balaban J connectivity index is 1.19. The van der Waals surface area contributed by atoms with Gasteiger partial charge in [-0.25, -0.2) is 9.97 Å². The van der Waals surface area contributed by atoms with E-state index < -0.39 is 0 Å². The number of piperidine rings is 1. The molecule has 0 saturated carbocycles. The number of carbonyl (C=O) groups is 1. The second kappa shape index (κ2) is 7.81. The van der Waals surface area contributed by atoms with E-state index in [1.165, 1.54) is 24.1 Å². The lowest BCUT2D eigenvalue weighted by Gasteiger charge is -2.35. The maximum Gasteiger partial charge on any atom is 0.226 e. The Hall–Kier alpha value is -2.96. The zero-order valence-corrected chi connectivity index (χ0v) is 16.4. The highest BCUT2D eigenvalue weighted by atomic mass is 16.5. The van der Waals surface area contributed by atoms with Gasteiger partial charge in [-0.2, -0.15) is 0 Å². The number of amides is 1. The van der Waals surface area contributed by atoms with Gasteiger partial charge in [0.1, 0.15) is 17.8 Å². The van der Waals surface area contributed by atoms with Crippen molar-refractivity contribution in [3.8, 4) is 0 Å². The van der Waals surface area contributed by atoms with E-state index in [1.54, 1.807) is 6.33 Å². The van der Waals surface area contributed by atoms with Crippen molar-refractivity contribution in [2.75, 3.05) is 18.0 Å². The summed E-state index contributed by atoms with van der Waals surface area (Å²) in [7, 11) is 0. The third-order valence-electron chi connectivity index (χ3n) is 6.04. The molecule has 1 aromatic carbocycles. The summed E-state index contributed by atoms with van der Waals surface area (Å²) < 4.78 is 5.30. The number of nitrogens with zero attached hydrogens (tertiary/aromatic N) is 4. The number of nitrogens with one attached hydrogen (secondary N) is 1. The molecular weight excluding hydrogens is 366 g/mol. The van der Waals surface area contributed by atoms with Crippen molar-refractivity contribution in [1.82, 2.24) is 20.4 Å². The highest BCUT2D eigenvalue weighted by Crippen LogP contribution is 2.29. The molecule has 3 aromatic rings. The lowest BCUT2D eigenvalue weighted by Crippen LogP contribution is -2.45. The maximum absolute atomic E-state index is 12.5. The van der Waals surface area contributed by atoms with E-state index in [0.717, 1.165) is 55.6 Å². The normalized spacial score (nSPS) is 17.3. The average molecular weight is 391 g/mol. The zero-order valence-electron chi connectivity index (χ0n) is 16.4. The number of rotatable bonds is 4. The summed E-state index contributed by atoms with van der Waals surface area (Å²) in [6, 6.07) is 7.83. The van der Waals surface area contributed by atoms with Gasteiger partial charge in [-0.05, 0) is 50.7 Å². The van der Waals surface area contributed by atoms with Gasteiger partial charge in [0, 0.05) is 35.8 Å². The lowest BCUT2D eigenvalue weighted by molar-refractivity contribution is -0.121. The van der Waals surface area contributed by atoms with Crippen molar-refractivity contribution in [3.63, 3.8) is 0 Å². The van der Waals surface area contributed by atoms with Crippen LogP contribution < -0.4 is 10.2 Å². The van der Waals surface area contributed by atoms with Crippen LogP contribution in [-0.2, 0) is 24.1 Å². The number of fused-ring (bicyclic) bond motifs is 2. The molecule has 1 fully saturated rings. The van der Waals surface area contributed by atoms with Gasteiger partial charge in [-0.3, -0.25) is 4.79 Å². The van der Waals surface area contributed by atoms with Gasteiger partial charge in [-0.1, -0.05) is 17.3 Å². The molecule has 1 N–H and O–H groups in total. The second-order valence-electron chi connectivity index (χ2n) is 7.96. The smallest absolute Gasteiger partial charge is 0.226 e. The van der Waals surface area contributed by atoms with Crippen LogP contribution in [0.25, 0.3) is 11.0 Å². The Morgan fingerprint density at radius 3 is 2.86 bits per heavy atom. The Labute approximate surface area is 169 Å². The van der Waals surface area contributed by atoms with Gasteiger partial charge in [0.05, 0.1) is 6.42 Å². The summed E-state index contributed by atoms with van der Waals surface area (Å²) in [5, 5.41) is 8.15. The Kier molecular flexibility index (Phi) is 4.87. The molecule has 5 rings (SSSR count). The summed E-state index contributed by atoms with van der Waals surface area (Å²) in [5.74, 6) is 1.11. The fourth-order valence-electron chi connectivity index (χ4n) is 4.51. The molecule has 1 amide bonds. The summed E-state index contributed by atoms with van der Waals surface area (Å²) in [4.78, 5) is 24.0. The van der Waals surface area contributed by atoms with E-state index in [9.17, 15) is 4.79 Å². The van der Waals surface area contributed by atoms with Gasteiger partial charge >= 0.3 is 0 Å². The van der Waals surface area contributed by atoms with Gasteiger partial charge in [0.2, 0.25) is 5.91 Å². The fraction of sp³-hybridized carbons (Fsp3) is 0.455. The molecule has 2 aromatic heterocycles. The first kappa shape index (κ1) is 18.1. The van der Waals surface area contributed by atoms with Crippen LogP contribution in [0.1, 0.15) is 42.6 Å². The van der Waals surface area contributed by atoms with Gasteiger partial charge in [0.25, 0.3) is 0 Å². The lowest BCUT2D eigenvalue weighted by atomic mass is 9.95. The third-order valence-corrected chi connectivity index (χ3v) is 6.04. The number of hydrogen-bond acceptors (Lipinski definition) is 6. The number of aryl methyl sites for hydroxylation is 1. The van der Waals surface area contributed by atoms with Gasteiger partial charge in [-0.15, -0.1) is 0 Å². The van der Waals surface area contributed by atoms with Crippen molar-refractivity contribution in [2.45, 2.75) is 51.0 Å². The Morgan fingerprint density at radius 1 is 1.14 bits per heavy atom. The molecule has 2 aliphatic rings. The minimum absolute atomic E-state index is 0.00178. The van der Waals surface area contributed by atoms with Gasteiger partial charge in [0.15, 0.2) is 5.58 Å². The van der Waals surface area contributed by atoms with Crippen LogP contribution in [0.2, 0.25) is 0 Å².